The number of rotatable bonds is 6. The second-order valence-corrected chi connectivity index (χ2v) is 7.42. The molecule has 1 fully saturated rings. The predicted octanol–water partition coefficient (Wildman–Crippen LogP) is 4.44. The molecule has 1 aromatic carbocycles. The summed E-state index contributed by atoms with van der Waals surface area (Å²) in [5.74, 6) is 0.856. The number of nitrogens with one attached hydrogen (secondary N) is 1. The minimum absolute atomic E-state index is 0.856. The van der Waals surface area contributed by atoms with Gasteiger partial charge in [-0.3, -0.25) is 4.68 Å². The fraction of sp³-hybridized carbons (Fsp3) is 0.364. The van der Waals surface area contributed by atoms with E-state index in [1.54, 1.807) is 0 Å². The van der Waals surface area contributed by atoms with Crippen molar-refractivity contribution < 1.29 is 0 Å². The lowest BCUT2D eigenvalue weighted by Gasteiger charge is -2.26. The molecule has 4 rings (SSSR count). The summed E-state index contributed by atoms with van der Waals surface area (Å²) in [4.78, 5) is 7.08. The van der Waals surface area contributed by atoms with Crippen molar-refractivity contribution in [3.05, 3.63) is 55.1 Å². The Labute approximate surface area is 160 Å². The maximum absolute atomic E-state index is 4.55. The molecule has 0 saturated carbocycles. The smallest absolute Gasteiger partial charge is 0.130 e. The Kier molecular flexibility index (Phi) is 5.21. The Morgan fingerprint density at radius 2 is 1.93 bits per heavy atom. The van der Waals surface area contributed by atoms with E-state index in [4.69, 9.17) is 0 Å². The highest BCUT2D eigenvalue weighted by Crippen LogP contribution is 2.25. The first-order chi connectivity index (χ1) is 13.2. The number of hydrogen-bond donors (Lipinski definition) is 1. The molecule has 0 radical (unpaired) electrons. The summed E-state index contributed by atoms with van der Waals surface area (Å²) in [6.45, 7) is 7.71. The maximum Gasteiger partial charge on any atom is 0.130 e. The van der Waals surface area contributed by atoms with Gasteiger partial charge < -0.3 is 10.2 Å². The zero-order valence-electron chi connectivity index (χ0n) is 16.0. The molecule has 2 aromatic heterocycles. The third-order valence-corrected chi connectivity index (χ3v) is 5.24. The van der Waals surface area contributed by atoms with Gasteiger partial charge >= 0.3 is 0 Å². The number of nitrogens with zero attached hydrogens (tertiary/aromatic N) is 4. The summed E-state index contributed by atoms with van der Waals surface area (Å²) in [6, 6.07) is 8.52. The van der Waals surface area contributed by atoms with Crippen molar-refractivity contribution in [2.45, 2.75) is 25.7 Å². The number of pyridine rings is 1. The van der Waals surface area contributed by atoms with E-state index in [1.807, 2.05) is 30.3 Å². The monoisotopic (exact) mass is 361 g/mol. The number of piperidine rings is 1. The number of aromatic nitrogens is 3. The normalized spacial score (nSPS) is 15.1. The number of aryl methyl sites for hydroxylation is 1. The van der Waals surface area contributed by atoms with Gasteiger partial charge in [-0.25, -0.2) is 4.98 Å². The molecule has 0 atom stereocenters. The third kappa shape index (κ3) is 4.37. The molecule has 0 aliphatic carbocycles. The standard InChI is InChI=1S/C22H27N5/c1-17(8-11-27-9-4-3-5-10-27)25-22-13-20-12-18(6-7-19(20)14-23-22)21-15-24-26(2)16-21/h6-7,12-16H,1,3-5,8-11H2,2H3,(H,23,25). The van der Waals surface area contributed by atoms with E-state index in [9.17, 15) is 0 Å². The molecule has 1 aliphatic heterocycles. The van der Waals surface area contributed by atoms with Crippen molar-refractivity contribution >= 4 is 16.6 Å². The Balaban J connectivity index is 1.44. The minimum Gasteiger partial charge on any atom is -0.344 e. The highest BCUT2D eigenvalue weighted by molar-refractivity contribution is 5.88. The molecule has 0 bridgehead atoms. The molecular weight excluding hydrogens is 334 g/mol. The molecule has 27 heavy (non-hydrogen) atoms. The average Bonchev–Trinajstić information content (AvgIpc) is 3.13. The fourth-order valence-electron chi connectivity index (χ4n) is 3.68. The number of likely N-dealkylation sites (tertiary alicyclic amines) is 1. The van der Waals surface area contributed by atoms with Crippen LogP contribution in [0, 0.1) is 0 Å². The molecule has 5 nitrogen and oxygen atoms in total. The highest BCUT2D eigenvalue weighted by Gasteiger charge is 2.10. The van der Waals surface area contributed by atoms with Crippen LogP contribution in [0.4, 0.5) is 5.82 Å². The molecular formula is C22H27N5. The van der Waals surface area contributed by atoms with E-state index < -0.39 is 0 Å². The summed E-state index contributed by atoms with van der Waals surface area (Å²) in [5, 5.41) is 9.95. The molecule has 0 unspecified atom stereocenters. The topological polar surface area (TPSA) is 46.0 Å². The van der Waals surface area contributed by atoms with Gasteiger partial charge in [0.25, 0.3) is 0 Å². The van der Waals surface area contributed by atoms with Gasteiger partial charge in [0.1, 0.15) is 5.82 Å². The van der Waals surface area contributed by atoms with Crippen LogP contribution < -0.4 is 5.32 Å². The second kappa shape index (κ2) is 7.92. The lowest BCUT2D eigenvalue weighted by molar-refractivity contribution is 0.231. The van der Waals surface area contributed by atoms with Gasteiger partial charge in [-0.2, -0.15) is 5.10 Å². The van der Waals surface area contributed by atoms with E-state index in [0.29, 0.717) is 0 Å². The van der Waals surface area contributed by atoms with Gasteiger partial charge in [-0.15, -0.1) is 0 Å². The minimum atomic E-state index is 0.856. The van der Waals surface area contributed by atoms with E-state index in [0.717, 1.165) is 46.4 Å². The predicted molar refractivity (Wildman–Crippen MR) is 112 cm³/mol. The number of anilines is 1. The lowest BCUT2D eigenvalue weighted by Crippen LogP contribution is -2.31. The van der Waals surface area contributed by atoms with Gasteiger partial charge in [0.05, 0.1) is 6.20 Å². The zero-order chi connectivity index (χ0) is 18.6. The molecule has 3 heterocycles. The van der Waals surface area contributed by atoms with Crippen LogP contribution in [0.25, 0.3) is 21.9 Å². The van der Waals surface area contributed by atoms with Gasteiger partial charge in [-0.1, -0.05) is 25.1 Å². The van der Waals surface area contributed by atoms with Gasteiger partial charge in [-0.05, 0) is 55.4 Å². The highest BCUT2D eigenvalue weighted by atomic mass is 15.2. The SMILES string of the molecule is C=C(CCN1CCCCC1)Nc1cc2cc(-c3cnn(C)c3)ccc2cn1. The summed E-state index contributed by atoms with van der Waals surface area (Å²) >= 11 is 0. The van der Waals surface area contributed by atoms with E-state index >= 15 is 0 Å². The van der Waals surface area contributed by atoms with Crippen LogP contribution in [0.3, 0.4) is 0 Å². The number of hydrogen-bond acceptors (Lipinski definition) is 4. The van der Waals surface area contributed by atoms with Crippen LogP contribution >= 0.6 is 0 Å². The van der Waals surface area contributed by atoms with Crippen molar-refractivity contribution in [3.8, 4) is 11.1 Å². The molecule has 5 heteroatoms. The van der Waals surface area contributed by atoms with Gasteiger partial charge in [0, 0.05) is 42.6 Å². The van der Waals surface area contributed by atoms with Gasteiger partial charge in [0.2, 0.25) is 0 Å². The molecule has 3 aromatic rings. The van der Waals surface area contributed by atoms with Crippen LogP contribution in [0.5, 0.6) is 0 Å². The molecule has 0 amide bonds. The first kappa shape index (κ1) is 17.7. The van der Waals surface area contributed by atoms with Crippen molar-refractivity contribution in [1.82, 2.24) is 19.7 Å². The van der Waals surface area contributed by atoms with Crippen LogP contribution in [-0.2, 0) is 7.05 Å². The van der Waals surface area contributed by atoms with E-state index in [-0.39, 0.29) is 0 Å². The van der Waals surface area contributed by atoms with Crippen LogP contribution in [-0.4, -0.2) is 39.3 Å². The Hall–Kier alpha value is -2.66. The largest absolute Gasteiger partial charge is 0.344 e. The van der Waals surface area contributed by atoms with E-state index in [1.165, 1.54) is 32.4 Å². The first-order valence-corrected chi connectivity index (χ1v) is 9.73. The summed E-state index contributed by atoms with van der Waals surface area (Å²) in [5.41, 5.74) is 3.31. The van der Waals surface area contributed by atoms with Crippen molar-refractivity contribution in [1.29, 1.82) is 0 Å². The van der Waals surface area contributed by atoms with Crippen molar-refractivity contribution in [3.63, 3.8) is 0 Å². The second-order valence-electron chi connectivity index (χ2n) is 7.42. The average molecular weight is 361 g/mol. The van der Waals surface area contributed by atoms with E-state index in [2.05, 4.69) is 51.1 Å². The molecule has 1 N–H and O–H groups in total. The maximum atomic E-state index is 4.55. The molecule has 140 valence electrons. The first-order valence-electron chi connectivity index (χ1n) is 9.73. The summed E-state index contributed by atoms with van der Waals surface area (Å²) in [6.07, 6.45) is 10.8. The Bertz CT molecular complexity index is 937. The van der Waals surface area contributed by atoms with Crippen LogP contribution in [0.2, 0.25) is 0 Å². The molecule has 1 aliphatic rings. The van der Waals surface area contributed by atoms with Crippen molar-refractivity contribution in [2.75, 3.05) is 25.0 Å². The van der Waals surface area contributed by atoms with Crippen LogP contribution in [0.1, 0.15) is 25.7 Å². The number of benzene rings is 1. The van der Waals surface area contributed by atoms with Crippen LogP contribution in [0.15, 0.2) is 55.1 Å². The summed E-state index contributed by atoms with van der Waals surface area (Å²) < 4.78 is 1.82. The Morgan fingerprint density at radius 1 is 1.07 bits per heavy atom. The molecule has 1 saturated heterocycles. The fourth-order valence-corrected chi connectivity index (χ4v) is 3.68. The molecule has 0 spiro atoms. The lowest BCUT2D eigenvalue weighted by atomic mass is 10.1. The van der Waals surface area contributed by atoms with Crippen molar-refractivity contribution in [2.24, 2.45) is 7.05 Å². The Morgan fingerprint density at radius 3 is 2.70 bits per heavy atom. The quantitative estimate of drug-likeness (QED) is 0.705. The summed E-state index contributed by atoms with van der Waals surface area (Å²) in [7, 11) is 1.94. The van der Waals surface area contributed by atoms with Gasteiger partial charge in [0.15, 0.2) is 0 Å². The third-order valence-electron chi connectivity index (χ3n) is 5.24. The zero-order valence-corrected chi connectivity index (χ0v) is 16.0. The number of fused-ring (bicyclic) bond motifs is 1.